The van der Waals surface area contributed by atoms with Gasteiger partial charge in [-0.1, -0.05) is 11.2 Å². The third kappa shape index (κ3) is 2.28. The highest BCUT2D eigenvalue weighted by Gasteiger charge is 2.23. The summed E-state index contributed by atoms with van der Waals surface area (Å²) in [5.74, 6) is 1.66. The Morgan fingerprint density at radius 2 is 1.89 bits per heavy atom. The van der Waals surface area contributed by atoms with E-state index < -0.39 is 0 Å². The van der Waals surface area contributed by atoms with Gasteiger partial charge in [0.25, 0.3) is 5.89 Å². The summed E-state index contributed by atoms with van der Waals surface area (Å²) in [7, 11) is 0. The molecular formula is C15H18N2O2. The molecule has 4 heteroatoms. The molecule has 1 aliphatic rings. The van der Waals surface area contributed by atoms with Gasteiger partial charge in [0, 0.05) is 18.1 Å². The Bertz CT molecular complexity index is 598. The molecule has 3 rings (SSSR count). The molecule has 1 aromatic heterocycles. The van der Waals surface area contributed by atoms with Crippen LogP contribution in [0, 0.1) is 20.8 Å². The highest BCUT2D eigenvalue weighted by molar-refractivity contribution is 5.60. The Balaban J connectivity index is 1.96. The average Bonchev–Trinajstić information content (AvgIpc) is 3.03. The molecule has 0 saturated carbocycles. The molecule has 19 heavy (non-hydrogen) atoms. The van der Waals surface area contributed by atoms with E-state index in [4.69, 9.17) is 9.26 Å². The van der Waals surface area contributed by atoms with E-state index in [9.17, 15) is 0 Å². The molecule has 0 spiro atoms. The molecule has 0 aliphatic carbocycles. The summed E-state index contributed by atoms with van der Waals surface area (Å²) in [5.41, 5.74) is 4.72. The van der Waals surface area contributed by atoms with Crippen molar-refractivity contribution in [3.8, 4) is 11.5 Å². The van der Waals surface area contributed by atoms with E-state index in [-0.39, 0.29) is 5.92 Å². The fourth-order valence-corrected chi connectivity index (χ4v) is 2.44. The summed E-state index contributed by atoms with van der Waals surface area (Å²) in [6, 6.07) is 4.28. The summed E-state index contributed by atoms with van der Waals surface area (Å²) in [5, 5.41) is 4.10. The molecule has 1 saturated heterocycles. The van der Waals surface area contributed by atoms with Gasteiger partial charge in [-0.25, -0.2) is 0 Å². The first-order valence-corrected chi connectivity index (χ1v) is 6.64. The smallest absolute Gasteiger partial charge is 0.258 e. The molecule has 1 aliphatic heterocycles. The van der Waals surface area contributed by atoms with Crippen molar-refractivity contribution in [2.24, 2.45) is 0 Å². The lowest BCUT2D eigenvalue weighted by Gasteiger charge is -2.05. The lowest BCUT2D eigenvalue weighted by molar-refractivity contribution is 0.192. The van der Waals surface area contributed by atoms with Crippen molar-refractivity contribution in [1.29, 1.82) is 0 Å². The minimum Gasteiger partial charge on any atom is -0.381 e. The fraction of sp³-hybridized carbons (Fsp3) is 0.467. The number of hydrogen-bond donors (Lipinski definition) is 0. The molecule has 4 nitrogen and oxygen atoms in total. The standard InChI is InChI=1S/C15H18N2O2/c1-9-6-11(3)13(7-10(9)2)15-16-14(17-19-15)12-4-5-18-8-12/h6-7,12H,4-5,8H2,1-3H3. The van der Waals surface area contributed by atoms with E-state index in [0.29, 0.717) is 12.5 Å². The van der Waals surface area contributed by atoms with E-state index in [1.165, 1.54) is 16.7 Å². The Hall–Kier alpha value is -1.68. The van der Waals surface area contributed by atoms with Gasteiger partial charge < -0.3 is 9.26 Å². The van der Waals surface area contributed by atoms with Gasteiger partial charge in [-0.3, -0.25) is 0 Å². The van der Waals surface area contributed by atoms with Crippen LogP contribution in [0.3, 0.4) is 0 Å². The third-order valence-corrected chi connectivity index (χ3v) is 3.81. The lowest BCUT2D eigenvalue weighted by atomic mass is 10.0. The second kappa shape index (κ2) is 4.78. The fourth-order valence-electron chi connectivity index (χ4n) is 2.44. The van der Waals surface area contributed by atoms with Crippen LogP contribution in [0.15, 0.2) is 16.7 Å². The van der Waals surface area contributed by atoms with E-state index in [0.717, 1.165) is 24.4 Å². The monoisotopic (exact) mass is 258 g/mol. The molecule has 2 aromatic rings. The second-order valence-electron chi connectivity index (χ2n) is 5.27. The summed E-state index contributed by atoms with van der Waals surface area (Å²) in [4.78, 5) is 4.54. The van der Waals surface area contributed by atoms with Crippen LogP contribution in [-0.4, -0.2) is 23.4 Å². The predicted octanol–water partition coefficient (Wildman–Crippen LogP) is 3.17. The Morgan fingerprint density at radius 1 is 1.11 bits per heavy atom. The zero-order chi connectivity index (χ0) is 13.4. The average molecular weight is 258 g/mol. The zero-order valence-electron chi connectivity index (χ0n) is 11.6. The summed E-state index contributed by atoms with van der Waals surface area (Å²) in [6.07, 6.45) is 0.977. The highest BCUT2D eigenvalue weighted by Crippen LogP contribution is 2.28. The van der Waals surface area contributed by atoms with Gasteiger partial charge in [0.2, 0.25) is 0 Å². The third-order valence-electron chi connectivity index (χ3n) is 3.81. The molecule has 0 radical (unpaired) electrons. The van der Waals surface area contributed by atoms with Gasteiger partial charge in [0.05, 0.1) is 6.61 Å². The summed E-state index contributed by atoms with van der Waals surface area (Å²) < 4.78 is 10.8. The number of aryl methyl sites for hydroxylation is 3. The normalized spacial score (nSPS) is 19.0. The minimum absolute atomic E-state index is 0.282. The van der Waals surface area contributed by atoms with Crippen molar-refractivity contribution in [1.82, 2.24) is 10.1 Å². The van der Waals surface area contributed by atoms with Gasteiger partial charge in [0.1, 0.15) is 0 Å². The maximum absolute atomic E-state index is 5.42. The molecule has 0 amide bonds. The molecule has 100 valence electrons. The molecule has 1 aromatic carbocycles. The van der Waals surface area contributed by atoms with Crippen LogP contribution < -0.4 is 0 Å². The van der Waals surface area contributed by atoms with Crippen molar-refractivity contribution in [3.63, 3.8) is 0 Å². The van der Waals surface area contributed by atoms with Gasteiger partial charge >= 0.3 is 0 Å². The van der Waals surface area contributed by atoms with Gasteiger partial charge in [-0.15, -0.1) is 0 Å². The first-order chi connectivity index (χ1) is 9.15. The molecule has 1 atom stereocenters. The zero-order valence-corrected chi connectivity index (χ0v) is 11.6. The Morgan fingerprint density at radius 3 is 2.63 bits per heavy atom. The van der Waals surface area contributed by atoms with Crippen LogP contribution in [0.5, 0.6) is 0 Å². The molecule has 2 heterocycles. The topological polar surface area (TPSA) is 48.2 Å². The van der Waals surface area contributed by atoms with Crippen LogP contribution in [0.2, 0.25) is 0 Å². The Labute approximate surface area is 112 Å². The number of ether oxygens (including phenoxy) is 1. The Kier molecular flexibility index (Phi) is 3.11. The van der Waals surface area contributed by atoms with Crippen molar-refractivity contribution in [2.75, 3.05) is 13.2 Å². The SMILES string of the molecule is Cc1cc(C)c(-c2nc(C3CCOC3)no2)cc1C. The van der Waals surface area contributed by atoms with Crippen LogP contribution in [0.1, 0.15) is 34.9 Å². The van der Waals surface area contributed by atoms with Crippen LogP contribution >= 0.6 is 0 Å². The summed E-state index contributed by atoms with van der Waals surface area (Å²) >= 11 is 0. The maximum atomic E-state index is 5.42. The van der Waals surface area contributed by atoms with Gasteiger partial charge in [-0.05, 0) is 49.9 Å². The number of hydrogen-bond acceptors (Lipinski definition) is 4. The van der Waals surface area contributed by atoms with Crippen LogP contribution in [0.4, 0.5) is 0 Å². The van der Waals surface area contributed by atoms with Crippen molar-refractivity contribution in [3.05, 3.63) is 34.6 Å². The van der Waals surface area contributed by atoms with Crippen molar-refractivity contribution >= 4 is 0 Å². The first-order valence-electron chi connectivity index (χ1n) is 6.64. The van der Waals surface area contributed by atoms with E-state index >= 15 is 0 Å². The van der Waals surface area contributed by atoms with Gasteiger partial charge in [-0.2, -0.15) is 4.98 Å². The van der Waals surface area contributed by atoms with E-state index in [2.05, 4.69) is 43.0 Å². The number of nitrogens with zero attached hydrogens (tertiary/aromatic N) is 2. The minimum atomic E-state index is 0.282. The lowest BCUT2D eigenvalue weighted by Crippen LogP contribution is -1.99. The largest absolute Gasteiger partial charge is 0.381 e. The van der Waals surface area contributed by atoms with Crippen molar-refractivity contribution in [2.45, 2.75) is 33.1 Å². The summed E-state index contributed by atoms with van der Waals surface area (Å²) in [6.45, 7) is 7.77. The quantitative estimate of drug-likeness (QED) is 0.830. The number of benzene rings is 1. The molecular weight excluding hydrogens is 240 g/mol. The molecule has 0 N–H and O–H groups in total. The van der Waals surface area contributed by atoms with Crippen molar-refractivity contribution < 1.29 is 9.26 Å². The predicted molar refractivity (Wildman–Crippen MR) is 72.1 cm³/mol. The molecule has 1 unspecified atom stereocenters. The highest BCUT2D eigenvalue weighted by atomic mass is 16.5. The van der Waals surface area contributed by atoms with Crippen LogP contribution in [0.25, 0.3) is 11.5 Å². The molecule has 0 bridgehead atoms. The maximum Gasteiger partial charge on any atom is 0.258 e. The van der Waals surface area contributed by atoms with E-state index in [1.54, 1.807) is 0 Å². The number of aromatic nitrogens is 2. The number of rotatable bonds is 2. The second-order valence-corrected chi connectivity index (χ2v) is 5.27. The van der Waals surface area contributed by atoms with Gasteiger partial charge in [0.15, 0.2) is 5.82 Å². The van der Waals surface area contributed by atoms with Crippen LogP contribution in [-0.2, 0) is 4.74 Å². The first kappa shape index (κ1) is 12.4. The van der Waals surface area contributed by atoms with E-state index in [1.807, 2.05) is 0 Å². The molecule has 1 fully saturated rings.